The van der Waals surface area contributed by atoms with Crippen molar-refractivity contribution in [3.8, 4) is 22.9 Å². The zero-order chi connectivity index (χ0) is 11.4. The monoisotopic (exact) mass is 210 g/mol. The summed E-state index contributed by atoms with van der Waals surface area (Å²) in [6, 6.07) is 13.3. The maximum Gasteiger partial charge on any atom is 0.140 e. The second kappa shape index (κ2) is 4.45. The van der Waals surface area contributed by atoms with Gasteiger partial charge in [-0.15, -0.1) is 0 Å². The van der Waals surface area contributed by atoms with Crippen LogP contribution in [0.4, 0.5) is 0 Å². The molecule has 78 valence electrons. The van der Waals surface area contributed by atoms with Crippen LogP contribution < -0.4 is 4.74 Å². The maximum atomic E-state index is 8.66. The molecular weight excluding hydrogens is 200 g/mol. The molecule has 0 atom stereocenters. The van der Waals surface area contributed by atoms with E-state index in [4.69, 9.17) is 10.00 Å². The number of benzene rings is 1. The molecule has 1 aromatic carbocycles. The van der Waals surface area contributed by atoms with E-state index in [-0.39, 0.29) is 0 Å². The Bertz CT molecular complexity index is 526. The molecule has 1 aromatic heterocycles. The van der Waals surface area contributed by atoms with Gasteiger partial charge in [0.25, 0.3) is 0 Å². The molecule has 0 spiro atoms. The number of para-hydroxylation sites is 1. The molecule has 0 unspecified atom stereocenters. The third kappa shape index (κ3) is 1.86. The van der Waals surface area contributed by atoms with Crippen LogP contribution in [0.1, 0.15) is 5.69 Å². The van der Waals surface area contributed by atoms with Crippen molar-refractivity contribution in [2.24, 2.45) is 0 Å². The van der Waals surface area contributed by atoms with Crippen LogP contribution in [0.5, 0.6) is 5.75 Å². The van der Waals surface area contributed by atoms with Crippen molar-refractivity contribution >= 4 is 0 Å². The third-order valence-corrected chi connectivity index (χ3v) is 2.30. The molecule has 0 aliphatic carbocycles. The van der Waals surface area contributed by atoms with Crippen molar-refractivity contribution in [2.75, 3.05) is 7.11 Å². The molecule has 2 rings (SSSR count). The molecule has 3 nitrogen and oxygen atoms in total. The van der Waals surface area contributed by atoms with Crippen LogP contribution in [0.15, 0.2) is 42.6 Å². The molecule has 16 heavy (non-hydrogen) atoms. The van der Waals surface area contributed by atoms with Gasteiger partial charge in [0.1, 0.15) is 17.5 Å². The fourth-order valence-electron chi connectivity index (χ4n) is 1.50. The summed E-state index contributed by atoms with van der Waals surface area (Å²) in [4.78, 5) is 4.03. The number of pyridine rings is 1. The molecule has 0 saturated heterocycles. The Morgan fingerprint density at radius 3 is 2.62 bits per heavy atom. The third-order valence-electron chi connectivity index (χ3n) is 2.30. The highest BCUT2D eigenvalue weighted by Gasteiger charge is 2.04. The van der Waals surface area contributed by atoms with Gasteiger partial charge in [-0.05, 0) is 18.2 Å². The standard InChI is InChI=1S/C13H10N2O/c1-16-13-5-3-2-4-12(13)10-6-7-11(8-14)15-9-10/h2-7,9H,1H3. The first-order valence-corrected chi connectivity index (χ1v) is 4.84. The van der Waals surface area contributed by atoms with Crippen LogP contribution in [-0.4, -0.2) is 12.1 Å². The number of nitriles is 1. The zero-order valence-electron chi connectivity index (χ0n) is 8.84. The number of rotatable bonds is 2. The van der Waals surface area contributed by atoms with E-state index in [9.17, 15) is 0 Å². The number of nitrogens with zero attached hydrogens (tertiary/aromatic N) is 2. The van der Waals surface area contributed by atoms with E-state index in [1.807, 2.05) is 36.4 Å². The lowest BCUT2D eigenvalue weighted by Crippen LogP contribution is -1.88. The van der Waals surface area contributed by atoms with Crippen LogP contribution in [0.25, 0.3) is 11.1 Å². The Morgan fingerprint density at radius 1 is 1.19 bits per heavy atom. The van der Waals surface area contributed by atoms with Gasteiger partial charge < -0.3 is 4.74 Å². The van der Waals surface area contributed by atoms with Gasteiger partial charge in [-0.25, -0.2) is 4.98 Å². The van der Waals surface area contributed by atoms with Crippen LogP contribution in [0.3, 0.4) is 0 Å². The summed E-state index contributed by atoms with van der Waals surface area (Å²) in [5, 5.41) is 8.66. The van der Waals surface area contributed by atoms with Crippen molar-refractivity contribution in [1.29, 1.82) is 5.26 Å². The molecule has 3 heteroatoms. The first-order valence-electron chi connectivity index (χ1n) is 4.84. The smallest absolute Gasteiger partial charge is 0.140 e. The minimum atomic E-state index is 0.415. The lowest BCUT2D eigenvalue weighted by Gasteiger charge is -2.07. The molecular formula is C13H10N2O. The highest BCUT2D eigenvalue weighted by molar-refractivity contribution is 5.69. The molecule has 0 saturated carbocycles. The summed E-state index contributed by atoms with van der Waals surface area (Å²) >= 11 is 0. The second-order valence-electron chi connectivity index (χ2n) is 3.24. The minimum Gasteiger partial charge on any atom is -0.496 e. The average Bonchev–Trinajstić information content (AvgIpc) is 2.39. The van der Waals surface area contributed by atoms with Gasteiger partial charge in [0.05, 0.1) is 7.11 Å². The lowest BCUT2D eigenvalue weighted by atomic mass is 10.1. The molecule has 0 fully saturated rings. The topological polar surface area (TPSA) is 45.9 Å². The minimum absolute atomic E-state index is 0.415. The number of hydrogen-bond acceptors (Lipinski definition) is 3. The van der Waals surface area contributed by atoms with E-state index >= 15 is 0 Å². The summed E-state index contributed by atoms with van der Waals surface area (Å²) in [7, 11) is 1.63. The Morgan fingerprint density at radius 2 is 2.00 bits per heavy atom. The molecule has 0 N–H and O–H groups in total. The number of aromatic nitrogens is 1. The Labute approximate surface area is 93.9 Å². The fraction of sp³-hybridized carbons (Fsp3) is 0.0769. The molecule has 0 amide bonds. The summed E-state index contributed by atoms with van der Waals surface area (Å²) < 4.78 is 5.26. The van der Waals surface area contributed by atoms with E-state index in [2.05, 4.69) is 4.98 Å². The molecule has 1 heterocycles. The van der Waals surface area contributed by atoms with E-state index in [0.717, 1.165) is 16.9 Å². The van der Waals surface area contributed by atoms with Gasteiger partial charge in [0.15, 0.2) is 0 Å². The maximum absolute atomic E-state index is 8.66. The van der Waals surface area contributed by atoms with E-state index in [1.54, 1.807) is 19.4 Å². The van der Waals surface area contributed by atoms with Crippen molar-refractivity contribution in [3.63, 3.8) is 0 Å². The SMILES string of the molecule is COc1ccccc1-c1ccc(C#N)nc1. The zero-order valence-corrected chi connectivity index (χ0v) is 8.84. The number of methoxy groups -OCH3 is 1. The fourth-order valence-corrected chi connectivity index (χ4v) is 1.50. The van der Waals surface area contributed by atoms with Gasteiger partial charge in [-0.1, -0.05) is 18.2 Å². The van der Waals surface area contributed by atoms with Crippen LogP contribution in [0.2, 0.25) is 0 Å². The van der Waals surface area contributed by atoms with E-state index in [0.29, 0.717) is 5.69 Å². The van der Waals surface area contributed by atoms with Gasteiger partial charge in [0.2, 0.25) is 0 Å². The van der Waals surface area contributed by atoms with Gasteiger partial charge in [0, 0.05) is 17.3 Å². The summed E-state index contributed by atoms with van der Waals surface area (Å²) in [5.41, 5.74) is 2.33. The lowest BCUT2D eigenvalue weighted by molar-refractivity contribution is 0.416. The Balaban J connectivity index is 2.47. The molecule has 2 aromatic rings. The number of ether oxygens (including phenoxy) is 1. The van der Waals surface area contributed by atoms with Crippen molar-refractivity contribution in [3.05, 3.63) is 48.3 Å². The summed E-state index contributed by atoms with van der Waals surface area (Å²) in [6.07, 6.45) is 1.68. The summed E-state index contributed by atoms with van der Waals surface area (Å²) in [6.45, 7) is 0. The highest BCUT2D eigenvalue weighted by Crippen LogP contribution is 2.28. The van der Waals surface area contributed by atoms with Crippen molar-refractivity contribution in [2.45, 2.75) is 0 Å². The van der Waals surface area contributed by atoms with E-state index in [1.165, 1.54) is 0 Å². The first-order chi connectivity index (χ1) is 7.85. The Kier molecular flexibility index (Phi) is 2.84. The summed E-state index contributed by atoms with van der Waals surface area (Å²) in [5.74, 6) is 0.800. The quantitative estimate of drug-likeness (QED) is 0.765. The molecule has 0 aliphatic rings. The highest BCUT2D eigenvalue weighted by atomic mass is 16.5. The first kappa shape index (κ1) is 10.2. The normalized spacial score (nSPS) is 9.50. The Hall–Kier alpha value is -2.34. The predicted molar refractivity (Wildman–Crippen MR) is 60.9 cm³/mol. The van der Waals surface area contributed by atoms with Gasteiger partial charge >= 0.3 is 0 Å². The molecule has 0 aliphatic heterocycles. The van der Waals surface area contributed by atoms with E-state index < -0.39 is 0 Å². The van der Waals surface area contributed by atoms with Gasteiger partial charge in [-0.2, -0.15) is 5.26 Å². The van der Waals surface area contributed by atoms with Crippen LogP contribution in [0, 0.1) is 11.3 Å². The number of hydrogen-bond donors (Lipinski definition) is 0. The van der Waals surface area contributed by atoms with Crippen LogP contribution >= 0.6 is 0 Å². The van der Waals surface area contributed by atoms with Crippen LogP contribution in [-0.2, 0) is 0 Å². The van der Waals surface area contributed by atoms with Gasteiger partial charge in [-0.3, -0.25) is 0 Å². The second-order valence-corrected chi connectivity index (χ2v) is 3.24. The molecule has 0 bridgehead atoms. The molecule has 0 radical (unpaired) electrons. The van der Waals surface area contributed by atoms with Crippen molar-refractivity contribution < 1.29 is 4.74 Å². The predicted octanol–water partition coefficient (Wildman–Crippen LogP) is 2.63. The average molecular weight is 210 g/mol. The largest absolute Gasteiger partial charge is 0.496 e. The van der Waals surface area contributed by atoms with Crippen molar-refractivity contribution in [1.82, 2.24) is 4.98 Å².